The third-order valence-electron chi connectivity index (χ3n) is 6.57. The van der Waals surface area contributed by atoms with Crippen LogP contribution in [0.15, 0.2) is 54.7 Å². The number of halogens is 2. The van der Waals surface area contributed by atoms with Crippen LogP contribution in [0.2, 0.25) is 10.0 Å². The maximum Gasteiger partial charge on any atom is 0.275 e. The molecule has 0 aliphatic rings. The van der Waals surface area contributed by atoms with E-state index >= 15 is 0 Å². The van der Waals surface area contributed by atoms with Gasteiger partial charge >= 0.3 is 0 Å². The van der Waals surface area contributed by atoms with Crippen molar-refractivity contribution in [3.05, 3.63) is 70.5 Å². The number of carbonyl (C=O) groups excluding carboxylic acids is 1. The topological polar surface area (TPSA) is 65.2 Å². The second-order valence-corrected chi connectivity index (χ2v) is 10.9. The fourth-order valence-corrected chi connectivity index (χ4v) is 4.87. The maximum absolute atomic E-state index is 13.7. The number of fused-ring (bicyclic) bond motifs is 3. The Hall–Kier alpha value is -3.55. The predicted octanol–water partition coefficient (Wildman–Crippen LogP) is 6.77. The van der Waals surface area contributed by atoms with Gasteiger partial charge in [0.25, 0.3) is 5.91 Å². The van der Waals surface area contributed by atoms with E-state index in [9.17, 15) is 4.79 Å². The average molecular weight is 536 g/mol. The van der Waals surface area contributed by atoms with E-state index in [1.807, 2.05) is 64.3 Å². The summed E-state index contributed by atoms with van der Waals surface area (Å²) in [4.78, 5) is 15.4. The van der Waals surface area contributed by atoms with Gasteiger partial charge in [0.2, 0.25) is 0 Å². The normalized spacial score (nSPS) is 11.9. The van der Waals surface area contributed by atoms with Crippen LogP contribution in [0.4, 0.5) is 0 Å². The Labute approximate surface area is 225 Å². The molecule has 2 heterocycles. The Kier molecular flexibility index (Phi) is 6.16. The van der Waals surface area contributed by atoms with Gasteiger partial charge in [-0.2, -0.15) is 10.2 Å². The Morgan fingerprint density at radius 2 is 1.68 bits per heavy atom. The molecule has 0 atom stereocenters. The van der Waals surface area contributed by atoms with Gasteiger partial charge in [-0.1, -0.05) is 29.3 Å². The molecule has 0 fully saturated rings. The molecule has 190 valence electrons. The van der Waals surface area contributed by atoms with Gasteiger partial charge in [0.05, 0.1) is 24.0 Å². The smallest absolute Gasteiger partial charge is 0.275 e. The van der Waals surface area contributed by atoms with Crippen LogP contribution in [-0.2, 0) is 7.05 Å². The summed E-state index contributed by atoms with van der Waals surface area (Å²) in [6.07, 6.45) is 1.89. The fourth-order valence-electron chi connectivity index (χ4n) is 4.36. The van der Waals surface area contributed by atoms with Gasteiger partial charge in [0.15, 0.2) is 5.69 Å². The largest absolute Gasteiger partial charge is 0.496 e. The van der Waals surface area contributed by atoms with Crippen molar-refractivity contribution < 1.29 is 9.53 Å². The number of aryl methyl sites for hydroxylation is 1. The van der Waals surface area contributed by atoms with Gasteiger partial charge < -0.3 is 9.64 Å². The molecule has 1 amide bonds. The van der Waals surface area contributed by atoms with E-state index in [1.165, 1.54) is 0 Å². The lowest BCUT2D eigenvalue weighted by atomic mass is 10.00. The van der Waals surface area contributed by atoms with E-state index < -0.39 is 0 Å². The molecule has 2 aromatic heterocycles. The number of methoxy groups -OCH3 is 1. The van der Waals surface area contributed by atoms with Crippen molar-refractivity contribution in [3.63, 3.8) is 0 Å². The van der Waals surface area contributed by atoms with Gasteiger partial charge in [-0.05, 0) is 68.6 Å². The minimum Gasteiger partial charge on any atom is -0.496 e. The van der Waals surface area contributed by atoms with Gasteiger partial charge in [-0.3, -0.25) is 9.48 Å². The zero-order chi connectivity index (χ0) is 26.6. The molecular weight excluding hydrogens is 509 g/mol. The predicted molar refractivity (Wildman–Crippen MR) is 149 cm³/mol. The first-order chi connectivity index (χ1) is 17.5. The number of carbonyl (C=O) groups is 1. The molecule has 0 saturated heterocycles. The molecule has 9 heteroatoms. The second-order valence-electron chi connectivity index (χ2n) is 10.0. The highest BCUT2D eigenvalue weighted by Gasteiger charge is 2.29. The summed E-state index contributed by atoms with van der Waals surface area (Å²) in [6.45, 7) is 5.96. The molecule has 5 aromatic rings. The molecule has 0 saturated carbocycles. The number of rotatable bonds is 4. The molecule has 7 nitrogen and oxygen atoms in total. The van der Waals surface area contributed by atoms with Crippen molar-refractivity contribution in [2.45, 2.75) is 26.3 Å². The van der Waals surface area contributed by atoms with Crippen LogP contribution in [0.5, 0.6) is 5.75 Å². The Morgan fingerprint density at radius 3 is 2.27 bits per heavy atom. The number of aromatic nitrogens is 4. The van der Waals surface area contributed by atoms with Crippen molar-refractivity contribution in [1.82, 2.24) is 24.5 Å². The third-order valence-corrected chi connectivity index (χ3v) is 7.01. The summed E-state index contributed by atoms with van der Waals surface area (Å²) >= 11 is 12.7. The number of hydrogen-bond acceptors (Lipinski definition) is 4. The van der Waals surface area contributed by atoms with Crippen LogP contribution >= 0.6 is 23.2 Å². The van der Waals surface area contributed by atoms with Gasteiger partial charge in [0.1, 0.15) is 5.75 Å². The number of amides is 1. The number of nitrogens with zero attached hydrogens (tertiary/aromatic N) is 5. The Bertz CT molecular complexity index is 1660. The van der Waals surface area contributed by atoms with E-state index in [0.717, 1.165) is 32.9 Å². The minimum absolute atomic E-state index is 0.179. The molecule has 0 N–H and O–H groups in total. The standard InChI is InChI=1S/C28H27Cl2N5O2/c1-28(2,3)34(5)27(36)25-20-8-7-16-11-24(37-6)22(23-9-10-33(4)31-23)15-21(16)26(20)35(32-25)19-13-17(29)12-18(30)14-19/h7-15H,1-6H3. The first-order valence-corrected chi connectivity index (χ1v) is 12.5. The SMILES string of the molecule is COc1cc2ccc3c(C(=O)N(C)C(C)(C)C)nn(-c4cc(Cl)cc(Cl)c4)c3c2cc1-c1ccn(C)n1. The molecular formula is C28H27Cl2N5O2. The highest BCUT2D eigenvalue weighted by molar-refractivity contribution is 6.35. The summed E-state index contributed by atoms with van der Waals surface area (Å²) < 4.78 is 9.21. The van der Waals surface area contributed by atoms with E-state index in [2.05, 4.69) is 5.10 Å². The Balaban J connectivity index is 1.88. The Morgan fingerprint density at radius 1 is 0.973 bits per heavy atom. The monoisotopic (exact) mass is 535 g/mol. The average Bonchev–Trinajstić information content (AvgIpc) is 3.45. The number of hydrogen-bond donors (Lipinski definition) is 0. The third kappa shape index (κ3) is 4.43. The summed E-state index contributed by atoms with van der Waals surface area (Å²) in [5, 5.41) is 12.9. The molecule has 5 rings (SSSR count). The van der Waals surface area contributed by atoms with Crippen molar-refractivity contribution in [2.24, 2.45) is 7.05 Å². The van der Waals surface area contributed by atoms with E-state index in [1.54, 1.807) is 46.6 Å². The highest BCUT2D eigenvalue weighted by Crippen LogP contribution is 2.38. The van der Waals surface area contributed by atoms with Gasteiger partial charge in [0, 0.05) is 52.2 Å². The first kappa shape index (κ1) is 25.1. The van der Waals surface area contributed by atoms with Crippen LogP contribution < -0.4 is 4.74 Å². The lowest BCUT2D eigenvalue weighted by molar-refractivity contribution is 0.0651. The van der Waals surface area contributed by atoms with Crippen molar-refractivity contribution in [3.8, 4) is 22.7 Å². The molecule has 3 aromatic carbocycles. The summed E-state index contributed by atoms with van der Waals surface area (Å²) in [6, 6.07) is 15.1. The van der Waals surface area contributed by atoms with Crippen LogP contribution in [0.3, 0.4) is 0 Å². The fraction of sp³-hybridized carbons (Fsp3) is 0.250. The van der Waals surface area contributed by atoms with Crippen molar-refractivity contribution in [2.75, 3.05) is 14.2 Å². The summed E-state index contributed by atoms with van der Waals surface area (Å²) in [5.74, 6) is 0.522. The lowest BCUT2D eigenvalue weighted by Crippen LogP contribution is -2.42. The molecule has 0 aliphatic heterocycles. The van der Waals surface area contributed by atoms with E-state index in [-0.39, 0.29) is 11.4 Å². The van der Waals surface area contributed by atoms with Gasteiger partial charge in [-0.15, -0.1) is 0 Å². The zero-order valence-corrected chi connectivity index (χ0v) is 23.0. The quantitative estimate of drug-likeness (QED) is 0.255. The van der Waals surface area contributed by atoms with Crippen LogP contribution in [0.1, 0.15) is 31.3 Å². The van der Waals surface area contributed by atoms with Crippen molar-refractivity contribution in [1.29, 1.82) is 0 Å². The summed E-state index contributed by atoms with van der Waals surface area (Å²) in [5.41, 5.74) is 2.99. The van der Waals surface area contributed by atoms with Crippen LogP contribution in [0, 0.1) is 0 Å². The molecule has 0 unspecified atom stereocenters. The zero-order valence-electron chi connectivity index (χ0n) is 21.5. The number of ether oxygens (including phenoxy) is 1. The second kappa shape index (κ2) is 9.08. The number of benzene rings is 3. The van der Waals surface area contributed by atoms with Crippen LogP contribution in [0.25, 0.3) is 38.6 Å². The molecule has 0 aliphatic carbocycles. The van der Waals surface area contributed by atoms with E-state index in [4.69, 9.17) is 33.0 Å². The van der Waals surface area contributed by atoms with Crippen molar-refractivity contribution >= 4 is 50.8 Å². The molecule has 37 heavy (non-hydrogen) atoms. The molecule has 0 spiro atoms. The maximum atomic E-state index is 13.7. The minimum atomic E-state index is -0.386. The first-order valence-electron chi connectivity index (χ1n) is 11.8. The molecule has 0 radical (unpaired) electrons. The van der Waals surface area contributed by atoms with Gasteiger partial charge in [-0.25, -0.2) is 4.68 Å². The van der Waals surface area contributed by atoms with Crippen LogP contribution in [-0.4, -0.2) is 50.1 Å². The lowest BCUT2D eigenvalue weighted by Gasteiger charge is -2.31. The molecule has 0 bridgehead atoms. The van der Waals surface area contributed by atoms with E-state index in [0.29, 0.717) is 27.2 Å². The highest BCUT2D eigenvalue weighted by atomic mass is 35.5. The summed E-state index contributed by atoms with van der Waals surface area (Å²) in [7, 11) is 5.30.